The van der Waals surface area contributed by atoms with E-state index in [1.54, 1.807) is 0 Å². The summed E-state index contributed by atoms with van der Waals surface area (Å²) in [6, 6.07) is 14.5. The third-order valence-electron chi connectivity index (χ3n) is 5.03. The molecule has 1 amide bonds. The molecule has 3 rings (SSSR count). The Hall–Kier alpha value is -3.48. The third-order valence-corrected chi connectivity index (χ3v) is 5.03. The van der Waals surface area contributed by atoms with E-state index in [4.69, 9.17) is 0 Å². The maximum absolute atomic E-state index is 11.4. The summed E-state index contributed by atoms with van der Waals surface area (Å²) in [5, 5.41) is 9.29. The van der Waals surface area contributed by atoms with Gasteiger partial charge < -0.3 is 16.0 Å². The molecule has 2 aromatic carbocycles. The molecule has 0 saturated carbocycles. The van der Waals surface area contributed by atoms with Crippen LogP contribution in [0.3, 0.4) is 0 Å². The molecule has 0 radical (unpaired) electrons. The molecule has 0 aliphatic rings. The highest BCUT2D eigenvalue weighted by Crippen LogP contribution is 2.25. The molecule has 3 aromatic rings. The number of nitrogens with one attached hydrogen (secondary N) is 3. The van der Waals surface area contributed by atoms with E-state index in [-0.39, 0.29) is 5.91 Å². The van der Waals surface area contributed by atoms with Gasteiger partial charge in [0.2, 0.25) is 17.8 Å². The monoisotopic (exact) mass is 418 g/mol. The van der Waals surface area contributed by atoms with Gasteiger partial charge in [0, 0.05) is 24.8 Å². The molecular formula is C24H30N6O. The first kappa shape index (κ1) is 22.2. The van der Waals surface area contributed by atoms with Gasteiger partial charge in [-0.3, -0.25) is 4.79 Å². The lowest BCUT2D eigenvalue weighted by Crippen LogP contribution is -2.10. The zero-order valence-corrected chi connectivity index (χ0v) is 18.6. The zero-order chi connectivity index (χ0) is 22.2. The van der Waals surface area contributed by atoms with Gasteiger partial charge in [0.05, 0.1) is 0 Å². The minimum atomic E-state index is -0.109. The van der Waals surface area contributed by atoms with Crippen LogP contribution in [0.25, 0.3) is 0 Å². The van der Waals surface area contributed by atoms with Crippen molar-refractivity contribution in [3.05, 3.63) is 65.5 Å². The maximum atomic E-state index is 11.4. The fourth-order valence-electron chi connectivity index (χ4n) is 3.22. The van der Waals surface area contributed by atoms with E-state index in [9.17, 15) is 4.79 Å². The van der Waals surface area contributed by atoms with Crippen molar-refractivity contribution in [1.29, 1.82) is 0 Å². The maximum Gasteiger partial charge on any atom is 0.232 e. The molecule has 162 valence electrons. The predicted octanol–water partition coefficient (Wildman–Crippen LogP) is 5.05. The number of benzene rings is 2. The molecule has 1 aromatic heterocycles. The highest BCUT2D eigenvalue weighted by Gasteiger charge is 2.08. The van der Waals surface area contributed by atoms with Crippen molar-refractivity contribution in [2.24, 2.45) is 0 Å². The lowest BCUT2D eigenvalue weighted by molar-refractivity contribution is -0.114. The Kier molecular flexibility index (Phi) is 7.54. The number of amides is 1. The lowest BCUT2D eigenvalue weighted by Gasteiger charge is -2.13. The van der Waals surface area contributed by atoms with E-state index >= 15 is 0 Å². The molecule has 0 unspecified atom stereocenters. The summed E-state index contributed by atoms with van der Waals surface area (Å²) in [5.41, 5.74) is 5.19. The first-order valence-electron chi connectivity index (χ1n) is 10.6. The van der Waals surface area contributed by atoms with Gasteiger partial charge in [0.1, 0.15) is 6.33 Å². The van der Waals surface area contributed by atoms with Gasteiger partial charge in [0.15, 0.2) is 0 Å². The molecule has 0 aliphatic carbocycles. The highest BCUT2D eigenvalue weighted by atomic mass is 16.1. The Balaban J connectivity index is 1.54. The minimum absolute atomic E-state index is 0.109. The average Bonchev–Trinajstić information content (AvgIpc) is 2.74. The normalized spacial score (nSPS) is 10.7. The Bertz CT molecular complexity index is 1020. The SMILES string of the molecule is CC(=O)Nc1cccc(Nc2ncnc(NCCCc3ccc(C(C)C)cc3)n2)c1C. The average molecular weight is 419 g/mol. The first-order valence-corrected chi connectivity index (χ1v) is 10.6. The summed E-state index contributed by atoms with van der Waals surface area (Å²) in [7, 11) is 0. The second-order valence-corrected chi connectivity index (χ2v) is 7.84. The standard InChI is InChI=1S/C24H30N6O/c1-16(2)20-12-10-19(11-13-20)7-6-14-25-23-26-15-27-24(30-23)29-22-9-5-8-21(17(22)3)28-18(4)31/h5,8-13,15-16H,6-7,14H2,1-4H3,(H,28,31)(H2,25,26,27,29,30). The van der Waals surface area contributed by atoms with Gasteiger partial charge >= 0.3 is 0 Å². The first-order chi connectivity index (χ1) is 14.9. The number of nitrogens with zero attached hydrogens (tertiary/aromatic N) is 3. The van der Waals surface area contributed by atoms with Gasteiger partial charge in [-0.25, -0.2) is 9.97 Å². The zero-order valence-electron chi connectivity index (χ0n) is 18.6. The van der Waals surface area contributed by atoms with E-state index in [1.807, 2.05) is 25.1 Å². The minimum Gasteiger partial charge on any atom is -0.354 e. The van der Waals surface area contributed by atoms with Crippen LogP contribution in [0.2, 0.25) is 0 Å². The molecule has 0 spiro atoms. The fraction of sp³-hybridized carbons (Fsp3) is 0.333. The quantitative estimate of drug-likeness (QED) is 0.421. The van der Waals surface area contributed by atoms with Crippen molar-refractivity contribution >= 4 is 29.2 Å². The van der Waals surface area contributed by atoms with E-state index in [0.29, 0.717) is 17.8 Å². The summed E-state index contributed by atoms with van der Waals surface area (Å²) in [4.78, 5) is 24.2. The number of carbonyl (C=O) groups is 1. The van der Waals surface area contributed by atoms with Crippen LogP contribution >= 0.6 is 0 Å². The van der Waals surface area contributed by atoms with Crippen molar-refractivity contribution in [1.82, 2.24) is 15.0 Å². The van der Waals surface area contributed by atoms with Crippen molar-refractivity contribution in [3.8, 4) is 0 Å². The Labute approximate surface area is 183 Å². The van der Waals surface area contributed by atoms with Gasteiger partial charge in [-0.05, 0) is 54.5 Å². The summed E-state index contributed by atoms with van der Waals surface area (Å²) < 4.78 is 0. The summed E-state index contributed by atoms with van der Waals surface area (Å²) in [5.74, 6) is 1.43. The summed E-state index contributed by atoms with van der Waals surface area (Å²) >= 11 is 0. The number of hydrogen-bond acceptors (Lipinski definition) is 6. The molecule has 0 aliphatic heterocycles. The van der Waals surface area contributed by atoms with Crippen LogP contribution in [0.5, 0.6) is 0 Å². The Morgan fingerprint density at radius 2 is 1.71 bits per heavy atom. The number of aryl methyl sites for hydroxylation is 1. The molecule has 0 atom stereocenters. The Morgan fingerprint density at radius 1 is 1.00 bits per heavy atom. The van der Waals surface area contributed by atoms with Crippen LogP contribution in [0.1, 0.15) is 49.8 Å². The molecule has 0 bridgehead atoms. The largest absolute Gasteiger partial charge is 0.354 e. The number of aromatic nitrogens is 3. The predicted molar refractivity (Wildman–Crippen MR) is 126 cm³/mol. The summed E-state index contributed by atoms with van der Waals surface area (Å²) in [6.07, 6.45) is 3.46. The Morgan fingerprint density at radius 3 is 2.42 bits per heavy atom. The van der Waals surface area contributed by atoms with Gasteiger partial charge in [-0.15, -0.1) is 0 Å². The fourth-order valence-corrected chi connectivity index (χ4v) is 3.22. The number of carbonyl (C=O) groups excluding carboxylic acids is 1. The van der Waals surface area contributed by atoms with E-state index in [2.05, 4.69) is 69.0 Å². The molecule has 0 saturated heterocycles. The van der Waals surface area contributed by atoms with Crippen LogP contribution in [0, 0.1) is 6.92 Å². The van der Waals surface area contributed by atoms with E-state index in [0.717, 1.165) is 36.3 Å². The van der Waals surface area contributed by atoms with Gasteiger partial charge in [-0.2, -0.15) is 4.98 Å². The second-order valence-electron chi connectivity index (χ2n) is 7.84. The third kappa shape index (κ3) is 6.50. The summed E-state index contributed by atoms with van der Waals surface area (Å²) in [6.45, 7) is 8.61. The molecule has 31 heavy (non-hydrogen) atoms. The van der Waals surface area contributed by atoms with Crippen molar-refractivity contribution in [2.45, 2.75) is 46.5 Å². The van der Waals surface area contributed by atoms with Crippen LogP contribution in [0.4, 0.5) is 23.3 Å². The molecule has 7 heteroatoms. The molecule has 3 N–H and O–H groups in total. The van der Waals surface area contributed by atoms with Crippen LogP contribution in [-0.4, -0.2) is 27.4 Å². The number of hydrogen-bond donors (Lipinski definition) is 3. The van der Waals surface area contributed by atoms with E-state index < -0.39 is 0 Å². The molecular weight excluding hydrogens is 388 g/mol. The molecule has 0 fully saturated rings. The number of anilines is 4. The topological polar surface area (TPSA) is 91.8 Å². The van der Waals surface area contributed by atoms with Gasteiger partial charge in [0.25, 0.3) is 0 Å². The second kappa shape index (κ2) is 10.5. The smallest absolute Gasteiger partial charge is 0.232 e. The lowest BCUT2D eigenvalue weighted by atomic mass is 10.0. The van der Waals surface area contributed by atoms with Gasteiger partial charge in [-0.1, -0.05) is 44.2 Å². The van der Waals surface area contributed by atoms with Crippen LogP contribution in [0.15, 0.2) is 48.8 Å². The molecule has 1 heterocycles. The van der Waals surface area contributed by atoms with E-state index in [1.165, 1.54) is 24.4 Å². The van der Waals surface area contributed by atoms with Crippen molar-refractivity contribution in [2.75, 3.05) is 22.5 Å². The van der Waals surface area contributed by atoms with Crippen LogP contribution < -0.4 is 16.0 Å². The molecule has 7 nitrogen and oxygen atoms in total. The highest BCUT2D eigenvalue weighted by molar-refractivity contribution is 5.90. The van der Waals surface area contributed by atoms with Crippen molar-refractivity contribution in [3.63, 3.8) is 0 Å². The number of rotatable bonds is 9. The van der Waals surface area contributed by atoms with Crippen molar-refractivity contribution < 1.29 is 4.79 Å². The van der Waals surface area contributed by atoms with Crippen LogP contribution in [-0.2, 0) is 11.2 Å².